The van der Waals surface area contributed by atoms with Crippen LogP contribution in [0.5, 0.6) is 0 Å². The van der Waals surface area contributed by atoms with Crippen molar-refractivity contribution < 1.29 is 27.5 Å². The number of rotatable bonds is 6. The Bertz CT molecular complexity index is 1030. The minimum absolute atomic E-state index is 0.000517. The molecule has 2 N–H and O–H groups in total. The number of amides is 2. The molecular weight excluding hydrogens is 423 g/mol. The van der Waals surface area contributed by atoms with Crippen LogP contribution in [0.25, 0.3) is 0 Å². The van der Waals surface area contributed by atoms with Gasteiger partial charge in [0.05, 0.1) is 29.5 Å². The Kier molecular flexibility index (Phi) is 6.88. The molecule has 3 rings (SSSR count). The van der Waals surface area contributed by atoms with Gasteiger partial charge in [0.1, 0.15) is 0 Å². The van der Waals surface area contributed by atoms with Crippen molar-refractivity contribution in [3.63, 3.8) is 0 Å². The van der Waals surface area contributed by atoms with Crippen molar-refractivity contribution >= 4 is 17.7 Å². The first-order chi connectivity index (χ1) is 15.2. The van der Waals surface area contributed by atoms with Crippen molar-refractivity contribution in [2.45, 2.75) is 32.6 Å². The molecule has 0 saturated carbocycles. The second-order valence-electron chi connectivity index (χ2n) is 7.26. The molecule has 0 saturated heterocycles. The van der Waals surface area contributed by atoms with Crippen LogP contribution in [0, 0.1) is 0 Å². The summed E-state index contributed by atoms with van der Waals surface area (Å²) >= 11 is 0. The molecule has 6 nitrogen and oxygen atoms in total. The zero-order valence-electron chi connectivity index (χ0n) is 17.9. The Labute approximate surface area is 184 Å². The number of hydrogen-bond acceptors (Lipinski definition) is 4. The van der Waals surface area contributed by atoms with Crippen LogP contribution in [0.3, 0.4) is 0 Å². The molecule has 32 heavy (non-hydrogen) atoms. The maximum absolute atomic E-state index is 13.2. The summed E-state index contributed by atoms with van der Waals surface area (Å²) in [5, 5.41) is 5.78. The van der Waals surface area contributed by atoms with Gasteiger partial charge < -0.3 is 15.4 Å². The predicted octanol–water partition coefficient (Wildman–Crippen LogP) is 4.53. The van der Waals surface area contributed by atoms with Crippen LogP contribution in [-0.4, -0.2) is 25.7 Å². The molecule has 0 radical (unpaired) electrons. The van der Waals surface area contributed by atoms with Gasteiger partial charge in [0.25, 0.3) is 0 Å². The summed E-state index contributed by atoms with van der Waals surface area (Å²) < 4.78 is 44.8. The fraction of sp³-hybridized carbons (Fsp3) is 0.304. The second-order valence-corrected chi connectivity index (χ2v) is 7.26. The molecule has 0 aromatic heterocycles. The molecular formula is C23H24F3N3O3. The first kappa shape index (κ1) is 23.3. The van der Waals surface area contributed by atoms with Crippen molar-refractivity contribution in [1.82, 2.24) is 10.6 Å². The number of nitrogens with zero attached hydrogens (tertiary/aromatic N) is 1. The molecule has 1 atom stereocenters. The number of anilines is 1. The average Bonchev–Trinajstić information content (AvgIpc) is 2.74. The van der Waals surface area contributed by atoms with Gasteiger partial charge in [0.2, 0.25) is 0 Å². The van der Waals surface area contributed by atoms with Gasteiger partial charge in [-0.15, -0.1) is 0 Å². The largest absolute Gasteiger partial charge is 0.463 e. The summed E-state index contributed by atoms with van der Waals surface area (Å²) in [6.07, 6.45) is -4.57. The minimum atomic E-state index is -4.57. The van der Waals surface area contributed by atoms with E-state index in [4.69, 9.17) is 4.74 Å². The van der Waals surface area contributed by atoms with E-state index >= 15 is 0 Å². The number of benzene rings is 2. The Balaban J connectivity index is 2.09. The zero-order chi connectivity index (χ0) is 23.5. The first-order valence-corrected chi connectivity index (χ1v) is 10.1. The molecule has 0 spiro atoms. The van der Waals surface area contributed by atoms with Gasteiger partial charge in [-0.1, -0.05) is 30.3 Å². The van der Waals surface area contributed by atoms with Gasteiger partial charge in [-0.25, -0.2) is 9.59 Å². The highest BCUT2D eigenvalue weighted by atomic mass is 19.4. The fourth-order valence-electron chi connectivity index (χ4n) is 3.63. The number of carbonyl (C=O) groups is 2. The van der Waals surface area contributed by atoms with Crippen molar-refractivity contribution in [1.29, 1.82) is 0 Å². The molecule has 1 aliphatic rings. The monoisotopic (exact) mass is 447 g/mol. The highest BCUT2D eigenvalue weighted by Crippen LogP contribution is 2.37. The molecule has 1 unspecified atom stereocenters. The summed E-state index contributed by atoms with van der Waals surface area (Å²) in [6, 6.07) is 10.3. The molecule has 1 heterocycles. The van der Waals surface area contributed by atoms with Gasteiger partial charge in [0.15, 0.2) is 0 Å². The van der Waals surface area contributed by atoms with Crippen LogP contribution in [0.2, 0.25) is 0 Å². The van der Waals surface area contributed by atoms with Gasteiger partial charge in [0, 0.05) is 12.2 Å². The summed E-state index contributed by atoms with van der Waals surface area (Å²) in [6.45, 7) is 3.94. The third-order valence-electron chi connectivity index (χ3n) is 5.11. The van der Waals surface area contributed by atoms with E-state index in [1.165, 1.54) is 19.1 Å². The summed E-state index contributed by atoms with van der Waals surface area (Å²) in [5.74, 6) is -0.647. The van der Waals surface area contributed by atoms with Crippen LogP contribution >= 0.6 is 0 Å². The maximum Gasteiger partial charge on any atom is 0.416 e. The highest BCUT2D eigenvalue weighted by Gasteiger charge is 2.38. The summed E-state index contributed by atoms with van der Waals surface area (Å²) in [7, 11) is 1.82. The average molecular weight is 447 g/mol. The smallest absolute Gasteiger partial charge is 0.416 e. The molecule has 2 aromatic carbocycles. The minimum Gasteiger partial charge on any atom is -0.463 e. The summed E-state index contributed by atoms with van der Waals surface area (Å²) in [5.41, 5.74) is 1.14. The van der Waals surface area contributed by atoms with E-state index in [-0.39, 0.29) is 23.6 Å². The van der Waals surface area contributed by atoms with E-state index in [1.807, 2.05) is 19.2 Å². The zero-order valence-corrected chi connectivity index (χ0v) is 17.9. The van der Waals surface area contributed by atoms with E-state index in [2.05, 4.69) is 10.6 Å². The van der Waals surface area contributed by atoms with Crippen molar-refractivity contribution in [2.24, 2.45) is 0 Å². The number of alkyl halides is 3. The number of esters is 1. The van der Waals surface area contributed by atoms with E-state index in [1.54, 1.807) is 19.1 Å². The van der Waals surface area contributed by atoms with E-state index in [9.17, 15) is 22.8 Å². The lowest BCUT2D eigenvalue weighted by atomic mass is 9.94. The lowest BCUT2D eigenvalue weighted by Crippen LogP contribution is -2.48. The van der Waals surface area contributed by atoms with Gasteiger partial charge in [-0.05, 0) is 50.2 Å². The standard InChI is InChI=1S/C23H24F3N3O3/c1-4-32-21(30)19-14(2)29(18-7-5-6-17(12-18)23(24,25)26)22(31)28-20(19)16-10-8-15(9-11-16)13-27-3/h5-12,20,27H,4,13H2,1-3H3,(H,28,31). The Hall–Kier alpha value is -3.33. The number of ether oxygens (including phenoxy) is 1. The number of urea groups is 1. The molecule has 1 aliphatic heterocycles. The molecule has 0 bridgehead atoms. The first-order valence-electron chi connectivity index (χ1n) is 10.1. The maximum atomic E-state index is 13.2. The molecule has 9 heteroatoms. The fourth-order valence-corrected chi connectivity index (χ4v) is 3.63. The van der Waals surface area contributed by atoms with Gasteiger partial charge >= 0.3 is 18.2 Å². The highest BCUT2D eigenvalue weighted by molar-refractivity contribution is 6.03. The van der Waals surface area contributed by atoms with Crippen LogP contribution in [0.4, 0.5) is 23.7 Å². The number of carbonyl (C=O) groups excluding carboxylic acids is 2. The normalized spacial score (nSPS) is 16.8. The van der Waals surface area contributed by atoms with Crippen LogP contribution in [-0.2, 0) is 22.3 Å². The lowest BCUT2D eigenvalue weighted by molar-refractivity contribution is -0.139. The van der Waals surface area contributed by atoms with Crippen LogP contribution in [0.1, 0.15) is 36.6 Å². The third-order valence-corrected chi connectivity index (χ3v) is 5.11. The molecule has 170 valence electrons. The quantitative estimate of drug-likeness (QED) is 0.639. The van der Waals surface area contributed by atoms with Crippen molar-refractivity contribution in [2.75, 3.05) is 18.6 Å². The molecule has 0 fully saturated rings. The Morgan fingerprint density at radius 3 is 2.47 bits per heavy atom. The van der Waals surface area contributed by atoms with Crippen LogP contribution in [0.15, 0.2) is 59.8 Å². The Morgan fingerprint density at radius 1 is 1.19 bits per heavy atom. The number of hydrogen-bond donors (Lipinski definition) is 2. The predicted molar refractivity (Wildman–Crippen MR) is 114 cm³/mol. The van der Waals surface area contributed by atoms with Crippen LogP contribution < -0.4 is 15.5 Å². The van der Waals surface area contributed by atoms with E-state index in [0.29, 0.717) is 12.1 Å². The number of allylic oxidation sites excluding steroid dienone is 1. The molecule has 0 aliphatic carbocycles. The van der Waals surface area contributed by atoms with Crippen molar-refractivity contribution in [3.8, 4) is 0 Å². The van der Waals surface area contributed by atoms with Gasteiger partial charge in [-0.3, -0.25) is 4.90 Å². The second kappa shape index (κ2) is 9.44. The summed E-state index contributed by atoms with van der Waals surface area (Å²) in [4.78, 5) is 26.9. The third kappa shape index (κ3) is 4.77. The molecule has 2 amide bonds. The SMILES string of the molecule is CCOC(=O)C1=C(C)N(c2cccc(C(F)(F)F)c2)C(=O)NC1c1ccc(CNC)cc1. The lowest BCUT2D eigenvalue weighted by Gasteiger charge is -2.35. The van der Waals surface area contributed by atoms with E-state index in [0.717, 1.165) is 22.6 Å². The Morgan fingerprint density at radius 2 is 1.88 bits per heavy atom. The van der Waals surface area contributed by atoms with Gasteiger partial charge in [-0.2, -0.15) is 13.2 Å². The number of halogens is 3. The van der Waals surface area contributed by atoms with Crippen molar-refractivity contribution in [3.05, 3.63) is 76.5 Å². The van der Waals surface area contributed by atoms with E-state index < -0.39 is 29.8 Å². The topological polar surface area (TPSA) is 70.7 Å². The molecule has 2 aromatic rings. The number of nitrogens with one attached hydrogen (secondary N) is 2.